The van der Waals surface area contributed by atoms with Crippen LogP contribution in [0.15, 0.2) is 0 Å². The zero-order valence-corrected chi connectivity index (χ0v) is 12.1. The molecule has 1 aliphatic carbocycles. The van der Waals surface area contributed by atoms with Gasteiger partial charge in [-0.05, 0) is 39.5 Å². The summed E-state index contributed by atoms with van der Waals surface area (Å²) in [7, 11) is 0. The highest BCUT2D eigenvalue weighted by atomic mass is 16.6. The third-order valence-electron chi connectivity index (χ3n) is 3.83. The zero-order valence-electron chi connectivity index (χ0n) is 12.1. The first-order chi connectivity index (χ1) is 8.35. The van der Waals surface area contributed by atoms with Crippen molar-refractivity contribution in [2.75, 3.05) is 26.2 Å². The van der Waals surface area contributed by atoms with E-state index >= 15 is 0 Å². The first-order valence-electron chi connectivity index (χ1n) is 7.07. The van der Waals surface area contributed by atoms with Crippen molar-refractivity contribution in [3.63, 3.8) is 0 Å². The maximum atomic E-state index is 11.9. The van der Waals surface area contributed by atoms with E-state index in [9.17, 15) is 4.79 Å². The summed E-state index contributed by atoms with van der Waals surface area (Å²) >= 11 is 0. The van der Waals surface area contributed by atoms with Crippen molar-refractivity contribution in [2.24, 2.45) is 5.92 Å². The van der Waals surface area contributed by atoms with Crippen molar-refractivity contribution in [1.29, 1.82) is 0 Å². The molecule has 0 aromatic carbocycles. The number of carbonyl (C=O) groups excluding carboxylic acids is 1. The highest BCUT2D eigenvalue weighted by Crippen LogP contribution is 2.31. The van der Waals surface area contributed by atoms with Crippen LogP contribution >= 0.6 is 0 Å². The van der Waals surface area contributed by atoms with Crippen LogP contribution in [0.2, 0.25) is 0 Å². The van der Waals surface area contributed by atoms with Crippen molar-refractivity contribution in [1.82, 2.24) is 9.80 Å². The number of nitrogens with zero attached hydrogens (tertiary/aromatic N) is 2. The third-order valence-corrected chi connectivity index (χ3v) is 3.83. The van der Waals surface area contributed by atoms with Crippen LogP contribution in [-0.4, -0.2) is 53.7 Å². The second kappa shape index (κ2) is 5.08. The molecule has 104 valence electrons. The van der Waals surface area contributed by atoms with Crippen LogP contribution in [0.4, 0.5) is 4.79 Å². The number of rotatable bonds is 1. The van der Waals surface area contributed by atoms with Gasteiger partial charge in [-0.15, -0.1) is 0 Å². The lowest BCUT2D eigenvalue weighted by Crippen LogP contribution is -2.55. The Morgan fingerprint density at radius 2 is 1.67 bits per heavy atom. The van der Waals surface area contributed by atoms with E-state index in [1.807, 2.05) is 25.7 Å². The Kier molecular flexibility index (Phi) is 3.85. The van der Waals surface area contributed by atoms with Gasteiger partial charge in [-0.1, -0.05) is 6.92 Å². The molecule has 2 rings (SSSR count). The molecule has 2 aliphatic rings. The van der Waals surface area contributed by atoms with Gasteiger partial charge in [0.15, 0.2) is 0 Å². The average molecular weight is 254 g/mol. The molecule has 1 heterocycles. The standard InChI is InChI=1S/C14H26N2O2/c1-11-9-12(10-11)15-5-7-16(8-6-15)13(17)18-14(2,3)4/h11-12H,5-10H2,1-4H3/t11-,12-. The minimum absolute atomic E-state index is 0.163. The van der Waals surface area contributed by atoms with Gasteiger partial charge in [-0.2, -0.15) is 0 Å². The fourth-order valence-electron chi connectivity index (χ4n) is 2.75. The van der Waals surface area contributed by atoms with Crippen molar-refractivity contribution in [2.45, 2.75) is 52.2 Å². The van der Waals surface area contributed by atoms with Crippen LogP contribution in [0, 0.1) is 5.92 Å². The Bertz CT molecular complexity index is 297. The van der Waals surface area contributed by atoms with E-state index < -0.39 is 5.60 Å². The molecular weight excluding hydrogens is 228 g/mol. The summed E-state index contributed by atoms with van der Waals surface area (Å²) in [6.07, 6.45) is 2.49. The lowest BCUT2D eigenvalue weighted by Gasteiger charge is -2.45. The molecule has 0 unspecified atom stereocenters. The SMILES string of the molecule is CC(C)(C)OC(=O)N1CCN([C@H]2C[C@H](C)C2)CC1. The Balaban J connectivity index is 1.74. The first-order valence-corrected chi connectivity index (χ1v) is 7.07. The topological polar surface area (TPSA) is 32.8 Å². The molecule has 0 radical (unpaired) electrons. The average Bonchev–Trinajstić information content (AvgIpc) is 2.23. The van der Waals surface area contributed by atoms with Crippen molar-refractivity contribution >= 4 is 6.09 Å². The Hall–Kier alpha value is -0.770. The monoisotopic (exact) mass is 254 g/mol. The largest absolute Gasteiger partial charge is 0.444 e. The summed E-state index contributed by atoms with van der Waals surface area (Å²) < 4.78 is 5.40. The Morgan fingerprint density at radius 1 is 1.11 bits per heavy atom. The van der Waals surface area contributed by atoms with Gasteiger partial charge in [0.1, 0.15) is 5.60 Å². The molecule has 1 aliphatic heterocycles. The summed E-state index contributed by atoms with van der Waals surface area (Å²) in [6.45, 7) is 11.7. The second-order valence-corrected chi connectivity index (χ2v) is 6.73. The van der Waals surface area contributed by atoms with Gasteiger partial charge in [0.2, 0.25) is 0 Å². The number of ether oxygens (including phenoxy) is 1. The molecule has 1 amide bonds. The van der Waals surface area contributed by atoms with Gasteiger partial charge < -0.3 is 9.64 Å². The minimum Gasteiger partial charge on any atom is -0.444 e. The zero-order chi connectivity index (χ0) is 13.3. The Morgan fingerprint density at radius 3 is 2.11 bits per heavy atom. The van der Waals surface area contributed by atoms with Crippen molar-refractivity contribution in [3.05, 3.63) is 0 Å². The summed E-state index contributed by atoms with van der Waals surface area (Å²) in [5.41, 5.74) is -0.391. The quantitative estimate of drug-likeness (QED) is 0.720. The van der Waals surface area contributed by atoms with Crippen molar-refractivity contribution in [3.8, 4) is 0 Å². The van der Waals surface area contributed by atoms with Crippen LogP contribution in [0.1, 0.15) is 40.5 Å². The molecule has 0 atom stereocenters. The van der Waals surface area contributed by atoms with Gasteiger partial charge >= 0.3 is 6.09 Å². The van der Waals surface area contributed by atoms with Crippen LogP contribution in [0.25, 0.3) is 0 Å². The highest BCUT2D eigenvalue weighted by Gasteiger charge is 2.34. The van der Waals surface area contributed by atoms with E-state index in [-0.39, 0.29) is 6.09 Å². The predicted octanol–water partition coefficient (Wildman–Crippen LogP) is 2.34. The summed E-state index contributed by atoms with van der Waals surface area (Å²) in [6, 6.07) is 0.765. The second-order valence-electron chi connectivity index (χ2n) is 6.73. The van der Waals surface area contributed by atoms with E-state index in [0.29, 0.717) is 0 Å². The molecule has 2 fully saturated rings. The Labute approximate surface area is 110 Å². The van der Waals surface area contributed by atoms with E-state index in [1.54, 1.807) is 0 Å². The highest BCUT2D eigenvalue weighted by molar-refractivity contribution is 5.68. The molecule has 0 spiro atoms. The van der Waals surface area contributed by atoms with Crippen LogP contribution < -0.4 is 0 Å². The fourth-order valence-corrected chi connectivity index (χ4v) is 2.75. The maximum Gasteiger partial charge on any atom is 0.410 e. The summed E-state index contributed by atoms with van der Waals surface area (Å²) in [4.78, 5) is 16.3. The van der Waals surface area contributed by atoms with Crippen LogP contribution in [0.3, 0.4) is 0 Å². The van der Waals surface area contributed by atoms with E-state index in [0.717, 1.165) is 38.1 Å². The fraction of sp³-hybridized carbons (Fsp3) is 0.929. The predicted molar refractivity (Wildman–Crippen MR) is 71.6 cm³/mol. The molecule has 4 nitrogen and oxygen atoms in total. The van der Waals surface area contributed by atoms with Gasteiger partial charge in [0.25, 0.3) is 0 Å². The molecule has 18 heavy (non-hydrogen) atoms. The molecule has 0 N–H and O–H groups in total. The molecule has 0 aromatic rings. The summed E-state index contributed by atoms with van der Waals surface area (Å²) in [5, 5.41) is 0. The number of hydrogen-bond donors (Lipinski definition) is 0. The minimum atomic E-state index is -0.391. The normalized spacial score (nSPS) is 29.9. The van der Waals surface area contributed by atoms with Gasteiger partial charge in [-0.25, -0.2) is 4.79 Å². The molecule has 0 bridgehead atoms. The van der Waals surface area contributed by atoms with E-state index in [1.165, 1.54) is 12.8 Å². The van der Waals surface area contributed by atoms with Crippen LogP contribution in [0.5, 0.6) is 0 Å². The van der Waals surface area contributed by atoms with Gasteiger partial charge in [-0.3, -0.25) is 4.90 Å². The number of carbonyl (C=O) groups is 1. The molecular formula is C14H26N2O2. The van der Waals surface area contributed by atoms with E-state index in [2.05, 4.69) is 11.8 Å². The molecule has 1 saturated heterocycles. The molecule has 1 saturated carbocycles. The smallest absolute Gasteiger partial charge is 0.410 e. The summed E-state index contributed by atoms with van der Waals surface area (Å²) in [5.74, 6) is 0.888. The maximum absolute atomic E-state index is 11.9. The number of amides is 1. The lowest BCUT2D eigenvalue weighted by atomic mass is 9.80. The van der Waals surface area contributed by atoms with Gasteiger partial charge in [0.05, 0.1) is 0 Å². The van der Waals surface area contributed by atoms with Crippen LogP contribution in [-0.2, 0) is 4.74 Å². The number of hydrogen-bond acceptors (Lipinski definition) is 3. The first kappa shape index (κ1) is 13.7. The van der Waals surface area contributed by atoms with Gasteiger partial charge in [0, 0.05) is 32.2 Å². The third kappa shape index (κ3) is 3.37. The lowest BCUT2D eigenvalue weighted by molar-refractivity contribution is -0.000372. The number of piperazine rings is 1. The van der Waals surface area contributed by atoms with E-state index in [4.69, 9.17) is 4.74 Å². The van der Waals surface area contributed by atoms with Crippen molar-refractivity contribution < 1.29 is 9.53 Å². The molecule has 4 heteroatoms. The molecule has 0 aromatic heterocycles.